The number of rotatable bonds is 9. The Morgan fingerprint density at radius 1 is 0.917 bits per heavy atom. The first-order valence-electron chi connectivity index (χ1n) is 11.6. The first-order valence-corrected chi connectivity index (χ1v) is 12.3. The Labute approximate surface area is 220 Å². The van der Waals surface area contributed by atoms with Crippen molar-refractivity contribution < 1.29 is 14.3 Å². The Morgan fingerprint density at radius 3 is 2.39 bits per heavy atom. The summed E-state index contributed by atoms with van der Waals surface area (Å²) in [6, 6.07) is 27.4. The van der Waals surface area contributed by atoms with Crippen LogP contribution in [0.5, 0.6) is 5.75 Å². The standard InChI is InChI=1S/C29H26Cl2N2O3/c1-32-29(35)26(16-20-8-3-2-4-9-20)33(18-22-14-15-23(30)17-25(22)31)28(34)19-36-27-13-7-11-21-10-5-6-12-24(21)27/h2-15,17,26H,16,18-19H2,1H3,(H,32,35). The van der Waals surface area contributed by atoms with Crippen molar-refractivity contribution in [1.29, 1.82) is 0 Å². The maximum Gasteiger partial charge on any atom is 0.261 e. The van der Waals surface area contributed by atoms with Crippen LogP contribution in [0.15, 0.2) is 91.0 Å². The molecule has 184 valence electrons. The van der Waals surface area contributed by atoms with Gasteiger partial charge in [-0.1, -0.05) is 96.0 Å². The summed E-state index contributed by atoms with van der Waals surface area (Å²) in [5.41, 5.74) is 1.61. The zero-order valence-electron chi connectivity index (χ0n) is 19.8. The van der Waals surface area contributed by atoms with E-state index in [0.29, 0.717) is 27.8 Å². The molecular formula is C29H26Cl2N2O3. The van der Waals surface area contributed by atoms with Gasteiger partial charge < -0.3 is 15.0 Å². The van der Waals surface area contributed by atoms with Crippen LogP contribution in [0, 0.1) is 0 Å². The van der Waals surface area contributed by atoms with Gasteiger partial charge in [-0.15, -0.1) is 0 Å². The van der Waals surface area contributed by atoms with Gasteiger partial charge in [0.25, 0.3) is 5.91 Å². The van der Waals surface area contributed by atoms with Crippen molar-refractivity contribution in [2.75, 3.05) is 13.7 Å². The van der Waals surface area contributed by atoms with Crippen LogP contribution in [0.2, 0.25) is 10.0 Å². The molecule has 0 aliphatic heterocycles. The molecule has 0 radical (unpaired) electrons. The van der Waals surface area contributed by atoms with Gasteiger partial charge in [-0.2, -0.15) is 0 Å². The van der Waals surface area contributed by atoms with Gasteiger partial charge in [-0.3, -0.25) is 9.59 Å². The maximum absolute atomic E-state index is 13.6. The molecule has 7 heteroatoms. The summed E-state index contributed by atoms with van der Waals surface area (Å²) in [6.45, 7) is -0.111. The van der Waals surface area contributed by atoms with Crippen LogP contribution in [-0.4, -0.2) is 36.4 Å². The molecule has 36 heavy (non-hydrogen) atoms. The third-order valence-corrected chi connectivity index (χ3v) is 6.56. The van der Waals surface area contributed by atoms with E-state index in [9.17, 15) is 9.59 Å². The Morgan fingerprint density at radius 2 is 1.64 bits per heavy atom. The number of likely N-dealkylation sites (N-methyl/N-ethyl adjacent to an activating group) is 1. The van der Waals surface area contributed by atoms with Crippen LogP contribution in [0.3, 0.4) is 0 Å². The van der Waals surface area contributed by atoms with Gasteiger partial charge in [-0.05, 0) is 34.7 Å². The van der Waals surface area contributed by atoms with Crippen molar-refractivity contribution in [2.24, 2.45) is 0 Å². The molecule has 1 unspecified atom stereocenters. The number of fused-ring (bicyclic) bond motifs is 1. The second kappa shape index (κ2) is 11.9. The minimum Gasteiger partial charge on any atom is -0.483 e. The highest BCUT2D eigenvalue weighted by Crippen LogP contribution is 2.27. The molecule has 1 atom stereocenters. The summed E-state index contributed by atoms with van der Waals surface area (Å²) in [7, 11) is 1.56. The molecule has 0 bridgehead atoms. The fourth-order valence-electron chi connectivity index (χ4n) is 4.10. The molecule has 1 N–H and O–H groups in total. The second-order valence-electron chi connectivity index (χ2n) is 8.34. The van der Waals surface area contributed by atoms with Gasteiger partial charge in [0.15, 0.2) is 6.61 Å². The number of ether oxygens (including phenoxy) is 1. The highest BCUT2D eigenvalue weighted by atomic mass is 35.5. The van der Waals surface area contributed by atoms with Gasteiger partial charge in [0.1, 0.15) is 11.8 Å². The molecule has 5 nitrogen and oxygen atoms in total. The average molecular weight is 521 g/mol. The number of halogens is 2. The minimum atomic E-state index is -0.771. The summed E-state index contributed by atoms with van der Waals surface area (Å²) in [5.74, 6) is -0.00795. The molecule has 4 aromatic rings. The minimum absolute atomic E-state index is 0.124. The lowest BCUT2D eigenvalue weighted by Crippen LogP contribution is -2.51. The van der Waals surface area contributed by atoms with Gasteiger partial charge in [0, 0.05) is 35.4 Å². The number of benzene rings is 4. The molecule has 0 aliphatic rings. The largest absolute Gasteiger partial charge is 0.483 e. The molecular weight excluding hydrogens is 495 g/mol. The zero-order chi connectivity index (χ0) is 25.5. The zero-order valence-corrected chi connectivity index (χ0v) is 21.3. The van der Waals surface area contributed by atoms with E-state index >= 15 is 0 Å². The van der Waals surface area contributed by atoms with Crippen LogP contribution in [-0.2, 0) is 22.6 Å². The van der Waals surface area contributed by atoms with Crippen molar-refractivity contribution in [1.82, 2.24) is 10.2 Å². The monoisotopic (exact) mass is 520 g/mol. The molecule has 0 aromatic heterocycles. The predicted octanol–water partition coefficient (Wildman–Crippen LogP) is 5.91. The Balaban J connectivity index is 1.64. The average Bonchev–Trinajstić information content (AvgIpc) is 2.90. The molecule has 2 amide bonds. The molecule has 0 aliphatic carbocycles. The van der Waals surface area contributed by atoms with Gasteiger partial charge in [0.2, 0.25) is 5.91 Å². The number of amides is 2. The van der Waals surface area contributed by atoms with Gasteiger partial charge in [-0.25, -0.2) is 0 Å². The number of carbonyl (C=O) groups is 2. The Hall–Kier alpha value is -3.54. The lowest BCUT2D eigenvalue weighted by atomic mass is 10.0. The Kier molecular flexibility index (Phi) is 8.47. The molecule has 0 saturated heterocycles. The topological polar surface area (TPSA) is 58.6 Å². The van der Waals surface area contributed by atoms with E-state index in [1.54, 1.807) is 25.2 Å². The number of hydrogen-bond donors (Lipinski definition) is 1. The summed E-state index contributed by atoms with van der Waals surface area (Å²) >= 11 is 12.5. The SMILES string of the molecule is CNC(=O)C(Cc1ccccc1)N(Cc1ccc(Cl)cc1Cl)C(=O)COc1cccc2ccccc12. The third kappa shape index (κ3) is 6.17. The lowest BCUT2D eigenvalue weighted by molar-refractivity contribution is -0.142. The summed E-state index contributed by atoms with van der Waals surface area (Å²) < 4.78 is 5.99. The highest BCUT2D eigenvalue weighted by molar-refractivity contribution is 6.35. The number of nitrogens with zero attached hydrogens (tertiary/aromatic N) is 1. The molecule has 4 rings (SSSR count). The van der Waals surface area contributed by atoms with Crippen LogP contribution >= 0.6 is 23.2 Å². The van der Waals surface area contributed by atoms with Crippen LogP contribution < -0.4 is 10.1 Å². The van der Waals surface area contributed by atoms with Gasteiger partial charge in [0.05, 0.1) is 0 Å². The van der Waals surface area contributed by atoms with E-state index in [0.717, 1.165) is 16.3 Å². The van der Waals surface area contributed by atoms with Crippen LogP contribution in [0.4, 0.5) is 0 Å². The quantitative estimate of drug-likeness (QED) is 0.298. The van der Waals surface area contributed by atoms with Gasteiger partial charge >= 0.3 is 0 Å². The number of hydrogen-bond acceptors (Lipinski definition) is 3. The summed E-state index contributed by atoms with van der Waals surface area (Å²) in [5, 5.41) is 5.54. The first-order chi connectivity index (χ1) is 17.5. The predicted molar refractivity (Wildman–Crippen MR) is 144 cm³/mol. The maximum atomic E-state index is 13.6. The van der Waals surface area contributed by atoms with Crippen molar-refractivity contribution in [3.63, 3.8) is 0 Å². The second-order valence-corrected chi connectivity index (χ2v) is 9.19. The lowest BCUT2D eigenvalue weighted by Gasteiger charge is -2.31. The fraction of sp³-hybridized carbons (Fsp3) is 0.172. The number of carbonyl (C=O) groups excluding carboxylic acids is 2. The van der Waals surface area contributed by atoms with Crippen molar-refractivity contribution in [2.45, 2.75) is 19.0 Å². The van der Waals surface area contributed by atoms with E-state index in [-0.39, 0.29) is 25.0 Å². The highest BCUT2D eigenvalue weighted by Gasteiger charge is 2.30. The van der Waals surface area contributed by atoms with E-state index in [1.807, 2.05) is 72.8 Å². The number of nitrogens with one attached hydrogen (secondary N) is 1. The van der Waals surface area contributed by atoms with Crippen molar-refractivity contribution in [3.05, 3.63) is 112 Å². The van der Waals surface area contributed by atoms with Crippen LogP contribution in [0.25, 0.3) is 10.8 Å². The third-order valence-electron chi connectivity index (χ3n) is 5.97. The molecule has 4 aromatic carbocycles. The normalized spacial score (nSPS) is 11.6. The van der Waals surface area contributed by atoms with Crippen molar-refractivity contribution >= 4 is 45.8 Å². The molecule has 0 heterocycles. The van der Waals surface area contributed by atoms with E-state index < -0.39 is 6.04 Å². The first kappa shape index (κ1) is 25.5. The Bertz CT molecular complexity index is 1360. The van der Waals surface area contributed by atoms with E-state index in [4.69, 9.17) is 27.9 Å². The molecule has 0 saturated carbocycles. The van der Waals surface area contributed by atoms with Crippen LogP contribution in [0.1, 0.15) is 11.1 Å². The molecule has 0 spiro atoms. The van der Waals surface area contributed by atoms with E-state index in [1.165, 1.54) is 4.90 Å². The van der Waals surface area contributed by atoms with Crippen molar-refractivity contribution in [3.8, 4) is 5.75 Å². The summed E-state index contributed by atoms with van der Waals surface area (Å²) in [6.07, 6.45) is 0.339. The van der Waals surface area contributed by atoms with E-state index in [2.05, 4.69) is 5.32 Å². The molecule has 0 fully saturated rings. The fourth-order valence-corrected chi connectivity index (χ4v) is 4.57. The summed E-state index contributed by atoms with van der Waals surface area (Å²) in [4.78, 5) is 28.2. The smallest absolute Gasteiger partial charge is 0.261 e.